The van der Waals surface area contributed by atoms with Crippen molar-refractivity contribution >= 4 is 22.8 Å². The Morgan fingerprint density at radius 1 is 1.48 bits per heavy atom. The molecule has 0 aromatic heterocycles. The van der Waals surface area contributed by atoms with E-state index in [-0.39, 0.29) is 24.4 Å². The van der Waals surface area contributed by atoms with Crippen LogP contribution >= 0.6 is 0 Å². The second-order valence-corrected chi connectivity index (χ2v) is 7.36. The minimum absolute atomic E-state index is 0.000737. The number of piperidine rings is 1. The average Bonchev–Trinajstić information content (AvgIpc) is 2.43. The van der Waals surface area contributed by atoms with Crippen molar-refractivity contribution in [1.29, 1.82) is 0 Å². The van der Waals surface area contributed by atoms with Crippen molar-refractivity contribution < 1.29 is 18.9 Å². The Hall–Kier alpha value is -1.11. The first-order chi connectivity index (χ1) is 9.88. The highest BCUT2D eigenvalue weighted by atomic mass is 32.2. The van der Waals surface area contributed by atoms with Crippen molar-refractivity contribution in [1.82, 2.24) is 10.2 Å². The largest absolute Gasteiger partial charge is 0.481 e. The van der Waals surface area contributed by atoms with Gasteiger partial charge in [0.2, 0.25) is 0 Å². The van der Waals surface area contributed by atoms with Gasteiger partial charge in [-0.15, -0.1) is 0 Å². The third kappa shape index (κ3) is 7.45. The predicted molar refractivity (Wildman–Crippen MR) is 82.7 cm³/mol. The predicted octanol–water partition coefficient (Wildman–Crippen LogP) is 1.43. The van der Waals surface area contributed by atoms with Crippen molar-refractivity contribution in [2.45, 2.75) is 45.1 Å². The van der Waals surface area contributed by atoms with Crippen molar-refractivity contribution in [3.05, 3.63) is 0 Å². The van der Waals surface area contributed by atoms with Crippen molar-refractivity contribution in [2.75, 3.05) is 25.1 Å². The molecule has 6 nitrogen and oxygen atoms in total. The van der Waals surface area contributed by atoms with Crippen LogP contribution in [0.4, 0.5) is 4.79 Å². The molecule has 1 aliphatic rings. The van der Waals surface area contributed by atoms with E-state index in [0.717, 1.165) is 19.4 Å². The molecule has 0 aromatic carbocycles. The van der Waals surface area contributed by atoms with Crippen molar-refractivity contribution in [2.24, 2.45) is 5.92 Å². The standard InChI is InChI=1S/C14H26N2O4S/c1-11(7-9-21(2)20)15-14(19)16-8-3-4-12(10-16)5-6-13(17)18/h11-12H,3-10H2,1-2H3,(H,15,19)(H,17,18). The number of carbonyl (C=O) groups is 2. The first kappa shape index (κ1) is 17.9. The number of urea groups is 1. The highest BCUT2D eigenvalue weighted by Crippen LogP contribution is 2.21. The number of rotatable bonds is 7. The summed E-state index contributed by atoms with van der Waals surface area (Å²) in [5.74, 6) is 0.0830. The molecule has 3 atom stereocenters. The molecule has 0 saturated carbocycles. The molecular formula is C14H26N2O4S. The van der Waals surface area contributed by atoms with Crippen LogP contribution in [-0.4, -0.2) is 57.4 Å². The maximum Gasteiger partial charge on any atom is 0.317 e. The molecule has 122 valence electrons. The summed E-state index contributed by atoms with van der Waals surface area (Å²) in [4.78, 5) is 24.5. The number of amides is 2. The lowest BCUT2D eigenvalue weighted by atomic mass is 9.93. The van der Waals surface area contributed by atoms with Gasteiger partial charge in [0.25, 0.3) is 0 Å². The van der Waals surface area contributed by atoms with Crippen LogP contribution in [-0.2, 0) is 15.6 Å². The van der Waals surface area contributed by atoms with E-state index in [1.165, 1.54) is 0 Å². The monoisotopic (exact) mass is 318 g/mol. The van der Waals surface area contributed by atoms with E-state index in [0.29, 0.717) is 25.1 Å². The molecule has 3 unspecified atom stereocenters. The molecule has 2 N–H and O–H groups in total. The number of carboxylic acids is 1. The molecule has 1 rings (SSSR count). The summed E-state index contributed by atoms with van der Waals surface area (Å²) in [6.07, 6.45) is 5.06. The quantitative estimate of drug-likeness (QED) is 0.743. The van der Waals surface area contributed by atoms with Gasteiger partial charge in [0, 0.05) is 48.4 Å². The molecular weight excluding hydrogens is 292 g/mol. The Bertz CT molecular complexity index is 389. The van der Waals surface area contributed by atoms with E-state index in [9.17, 15) is 13.8 Å². The lowest BCUT2D eigenvalue weighted by Gasteiger charge is -2.33. The highest BCUT2D eigenvalue weighted by Gasteiger charge is 2.24. The first-order valence-corrected chi connectivity index (χ1v) is 9.18. The molecule has 0 aliphatic carbocycles. The summed E-state index contributed by atoms with van der Waals surface area (Å²) in [5, 5.41) is 11.7. The summed E-state index contributed by atoms with van der Waals surface area (Å²) in [6.45, 7) is 3.27. The summed E-state index contributed by atoms with van der Waals surface area (Å²) in [7, 11) is -0.839. The Morgan fingerprint density at radius 3 is 2.81 bits per heavy atom. The average molecular weight is 318 g/mol. The maximum absolute atomic E-state index is 12.2. The number of aliphatic carboxylic acids is 1. The van der Waals surface area contributed by atoms with Gasteiger partial charge >= 0.3 is 12.0 Å². The van der Waals surface area contributed by atoms with Crippen LogP contribution in [0.5, 0.6) is 0 Å². The van der Waals surface area contributed by atoms with Gasteiger partial charge in [0.05, 0.1) is 0 Å². The van der Waals surface area contributed by atoms with Crippen molar-refractivity contribution in [3.63, 3.8) is 0 Å². The van der Waals surface area contributed by atoms with E-state index in [4.69, 9.17) is 5.11 Å². The number of hydrogen-bond acceptors (Lipinski definition) is 3. The van der Waals surface area contributed by atoms with Gasteiger partial charge in [-0.2, -0.15) is 0 Å². The smallest absolute Gasteiger partial charge is 0.317 e. The lowest BCUT2D eigenvalue weighted by Crippen LogP contribution is -2.48. The highest BCUT2D eigenvalue weighted by molar-refractivity contribution is 7.84. The first-order valence-electron chi connectivity index (χ1n) is 7.45. The lowest BCUT2D eigenvalue weighted by molar-refractivity contribution is -0.137. The fourth-order valence-corrected chi connectivity index (χ4v) is 3.22. The van der Waals surface area contributed by atoms with Gasteiger partial charge in [-0.3, -0.25) is 9.00 Å². The molecule has 0 aromatic rings. The fourth-order valence-electron chi connectivity index (χ4n) is 2.53. The summed E-state index contributed by atoms with van der Waals surface area (Å²) >= 11 is 0. The zero-order valence-electron chi connectivity index (χ0n) is 12.8. The molecule has 1 heterocycles. The fraction of sp³-hybridized carbons (Fsp3) is 0.857. The van der Waals surface area contributed by atoms with Gasteiger partial charge < -0.3 is 15.3 Å². The maximum atomic E-state index is 12.2. The van der Waals surface area contributed by atoms with Crippen LogP contribution in [0.1, 0.15) is 39.0 Å². The normalized spacial score (nSPS) is 21.6. The van der Waals surface area contributed by atoms with E-state index >= 15 is 0 Å². The van der Waals surface area contributed by atoms with Crippen LogP contribution in [0.15, 0.2) is 0 Å². The zero-order chi connectivity index (χ0) is 15.8. The van der Waals surface area contributed by atoms with E-state index in [1.54, 1.807) is 11.2 Å². The molecule has 1 saturated heterocycles. The SMILES string of the molecule is CC(CCS(C)=O)NC(=O)N1CCCC(CCC(=O)O)C1. The van der Waals surface area contributed by atoms with Crippen molar-refractivity contribution in [3.8, 4) is 0 Å². The van der Waals surface area contributed by atoms with E-state index in [1.807, 2.05) is 6.92 Å². The number of nitrogens with one attached hydrogen (secondary N) is 1. The summed E-state index contributed by atoms with van der Waals surface area (Å²) in [6, 6.07) is -0.0924. The Morgan fingerprint density at radius 2 is 2.19 bits per heavy atom. The van der Waals surface area contributed by atoms with Crippen LogP contribution in [0, 0.1) is 5.92 Å². The molecule has 2 amide bonds. The van der Waals surface area contributed by atoms with Gasteiger partial charge in [-0.25, -0.2) is 4.79 Å². The van der Waals surface area contributed by atoms with Crippen LogP contribution in [0.25, 0.3) is 0 Å². The van der Waals surface area contributed by atoms with Gasteiger partial charge in [0.15, 0.2) is 0 Å². The number of hydrogen-bond donors (Lipinski definition) is 2. The number of likely N-dealkylation sites (tertiary alicyclic amines) is 1. The minimum atomic E-state index is -0.839. The van der Waals surface area contributed by atoms with Gasteiger partial charge in [-0.05, 0) is 38.5 Å². The molecule has 21 heavy (non-hydrogen) atoms. The molecule has 1 aliphatic heterocycles. The molecule has 1 fully saturated rings. The molecule has 0 radical (unpaired) electrons. The molecule has 0 spiro atoms. The number of carbonyl (C=O) groups excluding carboxylic acids is 1. The molecule has 7 heteroatoms. The zero-order valence-corrected chi connectivity index (χ0v) is 13.7. The third-order valence-corrected chi connectivity index (χ3v) is 4.59. The number of nitrogens with zero attached hydrogens (tertiary/aromatic N) is 1. The van der Waals surface area contributed by atoms with E-state index in [2.05, 4.69) is 5.32 Å². The minimum Gasteiger partial charge on any atom is -0.481 e. The van der Waals surface area contributed by atoms with E-state index < -0.39 is 16.8 Å². The second kappa shape index (κ2) is 9.02. The molecule has 0 bridgehead atoms. The van der Waals surface area contributed by atoms with Gasteiger partial charge in [-0.1, -0.05) is 0 Å². The Balaban J connectivity index is 2.35. The third-order valence-electron chi connectivity index (χ3n) is 3.78. The van der Waals surface area contributed by atoms with Crippen LogP contribution < -0.4 is 5.32 Å². The summed E-state index contributed by atoms with van der Waals surface area (Å²) < 4.78 is 11.0. The second-order valence-electron chi connectivity index (χ2n) is 5.80. The topological polar surface area (TPSA) is 86.7 Å². The Labute approximate surface area is 128 Å². The van der Waals surface area contributed by atoms with Crippen LogP contribution in [0.3, 0.4) is 0 Å². The number of carboxylic acid groups (broad SMARTS) is 1. The van der Waals surface area contributed by atoms with Gasteiger partial charge in [0.1, 0.15) is 0 Å². The van der Waals surface area contributed by atoms with Crippen LogP contribution in [0.2, 0.25) is 0 Å². The summed E-state index contributed by atoms with van der Waals surface area (Å²) in [5.41, 5.74) is 0. The Kier molecular flexibility index (Phi) is 7.71.